The number of amides is 1. The number of benzene rings is 1. The molecule has 3 nitrogen and oxygen atoms in total. The number of ether oxygens (including phenoxy) is 1. The fourth-order valence-electron chi connectivity index (χ4n) is 2.33. The average molecular weight is 283 g/mol. The molecule has 0 spiro atoms. The monoisotopic (exact) mass is 283 g/mol. The second-order valence-electron chi connectivity index (χ2n) is 5.16. The number of carbonyl (C=O) groups is 1. The van der Waals surface area contributed by atoms with Crippen LogP contribution in [0.15, 0.2) is 18.2 Å². The quantitative estimate of drug-likeness (QED) is 0.831. The van der Waals surface area contributed by atoms with Crippen LogP contribution in [0.3, 0.4) is 0 Å². The lowest BCUT2D eigenvalue weighted by Crippen LogP contribution is -2.34. The third-order valence-electron chi connectivity index (χ3n) is 3.54. The van der Waals surface area contributed by atoms with Gasteiger partial charge in [0.15, 0.2) is 11.6 Å². The molecular weight excluding hydrogens is 264 g/mol. The second-order valence-corrected chi connectivity index (χ2v) is 5.16. The van der Waals surface area contributed by atoms with Crippen LogP contribution in [0.1, 0.15) is 24.8 Å². The smallest absolute Gasteiger partial charge is 0.222 e. The predicted octanol–water partition coefficient (Wildman–Crippen LogP) is 2.53. The van der Waals surface area contributed by atoms with E-state index in [2.05, 4.69) is 0 Å². The van der Waals surface area contributed by atoms with Crippen LogP contribution in [0.2, 0.25) is 0 Å². The van der Waals surface area contributed by atoms with Crippen molar-refractivity contribution in [3.8, 4) is 0 Å². The highest BCUT2D eigenvalue weighted by molar-refractivity contribution is 5.76. The molecule has 1 heterocycles. The summed E-state index contributed by atoms with van der Waals surface area (Å²) in [6.07, 6.45) is 2.86. The zero-order valence-electron chi connectivity index (χ0n) is 11.6. The molecule has 110 valence electrons. The van der Waals surface area contributed by atoms with Gasteiger partial charge in [0.2, 0.25) is 5.91 Å². The Morgan fingerprint density at radius 3 is 2.85 bits per heavy atom. The van der Waals surface area contributed by atoms with E-state index in [0.29, 0.717) is 18.5 Å². The SMILES string of the molecule is CN(CC1CCCO1)C(=O)CCc1ccc(F)c(F)c1. The lowest BCUT2D eigenvalue weighted by Gasteiger charge is -2.20. The maximum Gasteiger partial charge on any atom is 0.222 e. The number of aryl methyl sites for hydroxylation is 1. The minimum absolute atomic E-state index is 0.00904. The molecule has 1 aromatic rings. The standard InChI is InChI=1S/C15H19F2NO2/c1-18(10-12-3-2-8-20-12)15(19)7-5-11-4-6-13(16)14(17)9-11/h4,6,9,12H,2-3,5,7-8,10H2,1H3. The number of likely N-dealkylation sites (N-methyl/N-ethyl adjacent to an activating group) is 1. The Labute approximate surface area is 117 Å². The topological polar surface area (TPSA) is 29.5 Å². The predicted molar refractivity (Wildman–Crippen MR) is 71.3 cm³/mol. The molecule has 1 atom stereocenters. The first-order valence-corrected chi connectivity index (χ1v) is 6.86. The third kappa shape index (κ3) is 4.00. The minimum atomic E-state index is -0.873. The molecule has 0 N–H and O–H groups in total. The summed E-state index contributed by atoms with van der Waals surface area (Å²) in [7, 11) is 1.75. The number of hydrogen-bond donors (Lipinski definition) is 0. The lowest BCUT2D eigenvalue weighted by atomic mass is 10.1. The Bertz CT molecular complexity index is 473. The molecule has 5 heteroatoms. The summed E-state index contributed by atoms with van der Waals surface area (Å²) in [4.78, 5) is 13.6. The summed E-state index contributed by atoms with van der Waals surface area (Å²) in [6, 6.07) is 3.74. The molecule has 20 heavy (non-hydrogen) atoms. The van der Waals surface area contributed by atoms with Gasteiger partial charge in [0, 0.05) is 26.6 Å². The minimum Gasteiger partial charge on any atom is -0.376 e. The largest absolute Gasteiger partial charge is 0.376 e. The van der Waals surface area contributed by atoms with E-state index in [0.717, 1.165) is 31.6 Å². The van der Waals surface area contributed by atoms with Crippen molar-refractivity contribution < 1.29 is 18.3 Å². The van der Waals surface area contributed by atoms with Crippen molar-refractivity contribution in [1.29, 1.82) is 0 Å². The van der Waals surface area contributed by atoms with Crippen molar-refractivity contribution >= 4 is 5.91 Å². The van der Waals surface area contributed by atoms with Gasteiger partial charge in [0.05, 0.1) is 6.10 Å². The Kier molecular flexibility index (Phi) is 5.06. The first-order valence-electron chi connectivity index (χ1n) is 6.86. The van der Waals surface area contributed by atoms with Gasteiger partial charge >= 0.3 is 0 Å². The normalized spacial score (nSPS) is 18.2. The molecule has 1 fully saturated rings. The van der Waals surface area contributed by atoms with Gasteiger partial charge in [-0.1, -0.05) is 6.07 Å². The van der Waals surface area contributed by atoms with Crippen LogP contribution in [0.5, 0.6) is 0 Å². The van der Waals surface area contributed by atoms with Gasteiger partial charge in [-0.25, -0.2) is 8.78 Å². The van der Waals surface area contributed by atoms with E-state index < -0.39 is 11.6 Å². The third-order valence-corrected chi connectivity index (χ3v) is 3.54. The molecule has 1 saturated heterocycles. The number of halogens is 2. The first-order chi connectivity index (χ1) is 9.56. The van der Waals surface area contributed by atoms with Crippen molar-refractivity contribution in [2.75, 3.05) is 20.2 Å². The van der Waals surface area contributed by atoms with E-state index in [4.69, 9.17) is 4.74 Å². The van der Waals surface area contributed by atoms with Gasteiger partial charge in [-0.15, -0.1) is 0 Å². The molecule has 0 radical (unpaired) electrons. The van der Waals surface area contributed by atoms with Crippen LogP contribution >= 0.6 is 0 Å². The lowest BCUT2D eigenvalue weighted by molar-refractivity contribution is -0.131. The van der Waals surface area contributed by atoms with E-state index in [1.54, 1.807) is 11.9 Å². The summed E-state index contributed by atoms with van der Waals surface area (Å²) < 4.78 is 31.3. The summed E-state index contributed by atoms with van der Waals surface area (Å²) in [6.45, 7) is 1.36. The van der Waals surface area contributed by atoms with Gasteiger partial charge in [-0.2, -0.15) is 0 Å². The van der Waals surface area contributed by atoms with Crippen molar-refractivity contribution in [2.24, 2.45) is 0 Å². The number of hydrogen-bond acceptors (Lipinski definition) is 2. The molecule has 0 bridgehead atoms. The maximum absolute atomic E-state index is 13.0. The van der Waals surface area contributed by atoms with Gasteiger partial charge in [0.1, 0.15) is 0 Å². The first kappa shape index (κ1) is 14.9. The zero-order chi connectivity index (χ0) is 14.5. The van der Waals surface area contributed by atoms with Crippen LogP contribution in [-0.4, -0.2) is 37.1 Å². The van der Waals surface area contributed by atoms with E-state index in [1.165, 1.54) is 6.07 Å². The number of rotatable bonds is 5. The molecule has 2 rings (SSSR count). The van der Waals surface area contributed by atoms with Crippen molar-refractivity contribution in [1.82, 2.24) is 4.90 Å². The second kappa shape index (κ2) is 6.79. The summed E-state index contributed by atoms with van der Waals surface area (Å²) in [5.74, 6) is -1.75. The Morgan fingerprint density at radius 1 is 1.40 bits per heavy atom. The maximum atomic E-state index is 13.0. The molecule has 0 aliphatic carbocycles. The fraction of sp³-hybridized carbons (Fsp3) is 0.533. The molecule has 1 unspecified atom stereocenters. The van der Waals surface area contributed by atoms with E-state index in [1.807, 2.05) is 0 Å². The Morgan fingerprint density at radius 2 is 2.20 bits per heavy atom. The average Bonchev–Trinajstić information content (AvgIpc) is 2.92. The molecule has 0 saturated carbocycles. The zero-order valence-corrected chi connectivity index (χ0v) is 11.6. The van der Waals surface area contributed by atoms with Crippen LogP contribution in [0.4, 0.5) is 8.78 Å². The van der Waals surface area contributed by atoms with E-state index in [9.17, 15) is 13.6 Å². The summed E-state index contributed by atoms with van der Waals surface area (Å²) in [5.41, 5.74) is 0.628. The van der Waals surface area contributed by atoms with Gasteiger partial charge in [0.25, 0.3) is 0 Å². The highest BCUT2D eigenvalue weighted by Crippen LogP contribution is 2.14. The van der Waals surface area contributed by atoms with Crippen LogP contribution in [0.25, 0.3) is 0 Å². The summed E-state index contributed by atoms with van der Waals surface area (Å²) >= 11 is 0. The molecule has 0 aromatic heterocycles. The molecule has 1 amide bonds. The Hall–Kier alpha value is -1.49. The number of nitrogens with zero attached hydrogens (tertiary/aromatic N) is 1. The van der Waals surface area contributed by atoms with Crippen LogP contribution in [0, 0.1) is 11.6 Å². The number of carbonyl (C=O) groups excluding carboxylic acids is 1. The fourth-order valence-corrected chi connectivity index (χ4v) is 2.33. The van der Waals surface area contributed by atoms with Crippen molar-refractivity contribution in [3.63, 3.8) is 0 Å². The van der Waals surface area contributed by atoms with Crippen LogP contribution < -0.4 is 0 Å². The molecule has 1 aliphatic heterocycles. The summed E-state index contributed by atoms with van der Waals surface area (Å²) in [5, 5.41) is 0. The van der Waals surface area contributed by atoms with Gasteiger partial charge in [-0.3, -0.25) is 4.79 Å². The van der Waals surface area contributed by atoms with E-state index in [-0.39, 0.29) is 18.4 Å². The van der Waals surface area contributed by atoms with Crippen LogP contribution in [-0.2, 0) is 16.0 Å². The molecule has 1 aliphatic rings. The van der Waals surface area contributed by atoms with E-state index >= 15 is 0 Å². The van der Waals surface area contributed by atoms with Crippen molar-refractivity contribution in [3.05, 3.63) is 35.4 Å². The Balaban J connectivity index is 1.80. The highest BCUT2D eigenvalue weighted by atomic mass is 19.2. The van der Waals surface area contributed by atoms with Gasteiger partial charge in [-0.05, 0) is 37.0 Å². The highest BCUT2D eigenvalue weighted by Gasteiger charge is 2.19. The molecular formula is C15H19F2NO2. The molecule has 1 aromatic carbocycles. The van der Waals surface area contributed by atoms with Gasteiger partial charge < -0.3 is 9.64 Å². The van der Waals surface area contributed by atoms with Crippen molar-refractivity contribution in [2.45, 2.75) is 31.8 Å².